The van der Waals surface area contributed by atoms with Crippen molar-refractivity contribution in [2.24, 2.45) is 17.2 Å². The number of fused-ring (bicyclic) bond motifs is 1. The van der Waals surface area contributed by atoms with Gasteiger partial charge in [0.15, 0.2) is 0 Å². The fourth-order valence-electron chi connectivity index (χ4n) is 8.81. The SMILES string of the molecule is CN1Cc2c(Cl)cc(Cl)cc2[C@H](c2cccc(S(=O)(=O)NCCOCCOCCNC(=O)NCCN(CCNC(=O)NCCOCCOCCN)C(=O)NCCCCNC(=O)N(CCNC(=O)NCCOCCOCCN)CCNC(=O)NCCOCCOCCN)c2)C1. The Morgan fingerprint density at radius 2 is 0.840 bits per heavy atom. The molecule has 17 N–H and O–H groups in total. The molecule has 0 bridgehead atoms. The molecule has 0 aliphatic carbocycles. The van der Waals surface area contributed by atoms with Gasteiger partial charge in [-0.15, -0.1) is 0 Å². The summed E-state index contributed by atoms with van der Waals surface area (Å²) in [5, 5.41) is 28.4. The highest BCUT2D eigenvalue weighted by molar-refractivity contribution is 7.89. The number of unbranched alkanes of at least 4 members (excludes halogenated alkanes) is 1. The molecule has 0 saturated heterocycles. The highest BCUT2D eigenvalue weighted by Gasteiger charge is 2.28. The van der Waals surface area contributed by atoms with E-state index < -0.39 is 46.2 Å². The quantitative estimate of drug-likeness (QED) is 0.0348. The van der Waals surface area contributed by atoms with Gasteiger partial charge in [-0.1, -0.05) is 35.3 Å². The monoisotopic (exact) mass is 1400 g/mol. The Morgan fingerprint density at radius 1 is 0.479 bits per heavy atom. The van der Waals surface area contributed by atoms with Crippen LogP contribution in [-0.4, -0.2) is 296 Å². The van der Waals surface area contributed by atoms with Crippen LogP contribution in [0.2, 0.25) is 10.0 Å². The van der Waals surface area contributed by atoms with Crippen LogP contribution in [-0.2, 0) is 54.5 Å². The zero-order valence-electron chi connectivity index (χ0n) is 54.2. The van der Waals surface area contributed by atoms with Crippen molar-refractivity contribution in [3.8, 4) is 0 Å². The Kier molecular flexibility index (Phi) is 45.8. The number of likely N-dealkylation sites (N-methyl/N-ethyl adjacent to an activating group) is 1. The largest absolute Gasteiger partial charge is 0.378 e. The number of carbonyl (C=O) groups is 6. The van der Waals surface area contributed by atoms with Crippen LogP contribution in [0.15, 0.2) is 41.3 Å². The number of benzene rings is 2. The van der Waals surface area contributed by atoms with Gasteiger partial charge in [0, 0.05) is 147 Å². The van der Waals surface area contributed by atoms with Crippen LogP contribution in [0.3, 0.4) is 0 Å². The van der Waals surface area contributed by atoms with E-state index >= 15 is 0 Å². The van der Waals surface area contributed by atoms with Crippen LogP contribution < -0.4 is 75.1 Å². The fraction of sp³-hybridized carbons (Fsp3) is 0.690. The minimum atomic E-state index is -3.86. The number of urea groups is 6. The van der Waals surface area contributed by atoms with Gasteiger partial charge in [0.1, 0.15) is 0 Å². The molecule has 33 nitrogen and oxygen atoms in total. The molecule has 3 rings (SSSR count). The van der Waals surface area contributed by atoms with Gasteiger partial charge in [0.2, 0.25) is 10.0 Å². The zero-order valence-corrected chi connectivity index (χ0v) is 56.5. The van der Waals surface area contributed by atoms with E-state index in [1.54, 1.807) is 24.3 Å². The predicted molar refractivity (Wildman–Crippen MR) is 355 cm³/mol. The lowest BCUT2D eigenvalue weighted by Crippen LogP contribution is -2.49. The number of sulfonamides is 1. The second-order valence-corrected chi connectivity index (χ2v) is 23.4. The Morgan fingerprint density at radius 3 is 1.22 bits per heavy atom. The fourth-order valence-corrected chi connectivity index (χ4v) is 10.4. The van der Waals surface area contributed by atoms with E-state index in [0.717, 1.165) is 16.7 Å². The van der Waals surface area contributed by atoms with E-state index in [9.17, 15) is 37.2 Å². The molecule has 1 atom stereocenters. The van der Waals surface area contributed by atoms with Gasteiger partial charge >= 0.3 is 36.2 Å². The van der Waals surface area contributed by atoms with Crippen LogP contribution in [0.4, 0.5) is 28.8 Å². The molecular weight excluding hydrogens is 1290 g/mol. The van der Waals surface area contributed by atoms with E-state index in [4.69, 9.17) is 78.3 Å². The molecule has 536 valence electrons. The number of nitrogens with zero attached hydrogens (tertiary/aromatic N) is 3. The molecule has 2 aromatic carbocycles. The minimum Gasteiger partial charge on any atom is -0.378 e. The average molecular weight is 1400 g/mol. The van der Waals surface area contributed by atoms with Crippen molar-refractivity contribution in [2.75, 3.05) is 237 Å². The van der Waals surface area contributed by atoms with Crippen LogP contribution in [0, 0.1) is 0 Å². The van der Waals surface area contributed by atoms with Crippen molar-refractivity contribution in [2.45, 2.75) is 30.2 Å². The van der Waals surface area contributed by atoms with Gasteiger partial charge in [-0.2, -0.15) is 0 Å². The van der Waals surface area contributed by atoms with E-state index in [1.165, 1.54) is 9.80 Å². The molecule has 1 heterocycles. The molecule has 1 aliphatic heterocycles. The summed E-state index contributed by atoms with van der Waals surface area (Å²) in [6.07, 6.45) is 0.938. The number of nitrogens with two attached hydrogens (primary N) is 3. The molecule has 12 amide bonds. The van der Waals surface area contributed by atoms with E-state index in [2.05, 4.69) is 62.8 Å². The first kappa shape index (κ1) is 82.3. The molecule has 0 unspecified atom stereocenters. The van der Waals surface area contributed by atoms with Gasteiger partial charge < -0.3 is 123 Å². The van der Waals surface area contributed by atoms with Crippen LogP contribution in [0.1, 0.15) is 35.4 Å². The molecular formula is C58H103Cl2N17O16S. The molecule has 94 heavy (non-hydrogen) atoms. The van der Waals surface area contributed by atoms with Crippen molar-refractivity contribution < 1.29 is 75.1 Å². The maximum Gasteiger partial charge on any atom is 0.317 e. The first-order valence-corrected chi connectivity index (χ1v) is 33.9. The first-order valence-electron chi connectivity index (χ1n) is 31.7. The molecule has 0 fully saturated rings. The minimum absolute atomic E-state index is 0.0270. The van der Waals surface area contributed by atoms with Crippen LogP contribution >= 0.6 is 23.2 Å². The summed E-state index contributed by atoms with van der Waals surface area (Å²) in [7, 11) is -1.87. The number of halogens is 2. The third kappa shape index (κ3) is 38.6. The molecule has 0 radical (unpaired) electrons. The predicted octanol–water partition coefficient (Wildman–Crippen LogP) is -1.14. The number of rotatable bonds is 53. The summed E-state index contributed by atoms with van der Waals surface area (Å²) >= 11 is 12.9. The van der Waals surface area contributed by atoms with Crippen LogP contribution in [0.5, 0.6) is 0 Å². The van der Waals surface area contributed by atoms with Crippen molar-refractivity contribution in [1.29, 1.82) is 0 Å². The van der Waals surface area contributed by atoms with Gasteiger partial charge in [-0.25, -0.2) is 41.9 Å². The van der Waals surface area contributed by atoms with Crippen molar-refractivity contribution in [3.05, 3.63) is 63.1 Å². The number of nitrogens with one attached hydrogen (secondary N) is 11. The molecule has 1 aliphatic rings. The molecule has 36 heteroatoms. The second-order valence-electron chi connectivity index (χ2n) is 20.8. The Bertz CT molecular complexity index is 2530. The highest BCUT2D eigenvalue weighted by Crippen LogP contribution is 2.39. The summed E-state index contributed by atoms with van der Waals surface area (Å²) in [6.45, 7) is 9.56. The number of carbonyl (C=O) groups excluding carboxylic acids is 6. The van der Waals surface area contributed by atoms with E-state index in [1.807, 2.05) is 19.2 Å². The van der Waals surface area contributed by atoms with Crippen LogP contribution in [0.25, 0.3) is 0 Å². The van der Waals surface area contributed by atoms with Crippen molar-refractivity contribution >= 4 is 69.4 Å². The lowest BCUT2D eigenvalue weighted by molar-refractivity contribution is 0.0516. The topological polar surface area (TPSA) is 431 Å². The maximum atomic E-state index is 13.5. The molecule has 0 aromatic heterocycles. The summed E-state index contributed by atoms with van der Waals surface area (Å²) in [4.78, 5) is 82.1. The maximum absolute atomic E-state index is 13.5. The summed E-state index contributed by atoms with van der Waals surface area (Å²) in [5.74, 6) is -0.130. The van der Waals surface area contributed by atoms with Crippen molar-refractivity contribution in [1.82, 2.24) is 72.6 Å². The van der Waals surface area contributed by atoms with Gasteiger partial charge in [-0.3, -0.25) is 0 Å². The molecule has 0 spiro atoms. The van der Waals surface area contributed by atoms with Crippen molar-refractivity contribution in [3.63, 3.8) is 0 Å². The third-order valence-electron chi connectivity index (χ3n) is 13.4. The standard InChI is InChI=1S/C58H103Cl2N17O16S/c1-75-44-50(49-42-47(59)43-52(60)51(49)45-75)46-5-4-6-48(41-46)94(84,85)74-20-32-93-40-39-92-31-19-71-56(81)67-15-24-77(23-14-66-55(80)70-18-30-91-38-35-88-27-9-63)58(83)73-11-3-2-10-72-57(82)76(21-12-64-53(78)68-16-28-89-36-33-86-25-7-61)22-13-65-54(79)69-17-29-90-37-34-87-26-8-62/h4-6,41-43,50,74H,2-3,7-40,44-45,61-63H2,1H3,(H,72,82)(H,73,83)(H2,64,68,78)(H2,65,69,79)(H2,66,70,80)(H2,67,71,81)/t50-/m0/s1. The average Bonchev–Trinajstić information content (AvgIpc) is 0.800. The zero-order chi connectivity index (χ0) is 68.3. The lowest BCUT2D eigenvalue weighted by Gasteiger charge is -2.33. The molecule has 2 aromatic rings. The Labute approximate surface area is 562 Å². The Balaban J connectivity index is 1.40. The number of hydrogen-bond acceptors (Lipinski definition) is 20. The summed E-state index contributed by atoms with van der Waals surface area (Å²) in [6, 6.07) is 7.65. The van der Waals surface area contributed by atoms with Gasteiger partial charge in [-0.05, 0) is 60.8 Å². The number of ether oxygens (including phenoxy) is 8. The van der Waals surface area contributed by atoms with E-state index in [0.29, 0.717) is 115 Å². The highest BCUT2D eigenvalue weighted by atomic mass is 35.5. The third-order valence-corrected chi connectivity index (χ3v) is 15.4. The van der Waals surface area contributed by atoms with Gasteiger partial charge in [0.25, 0.3) is 0 Å². The molecule has 0 saturated carbocycles. The van der Waals surface area contributed by atoms with Gasteiger partial charge in [0.05, 0.1) is 111 Å². The smallest absolute Gasteiger partial charge is 0.317 e. The number of amides is 12. The summed E-state index contributed by atoms with van der Waals surface area (Å²) < 4.78 is 72.4. The number of hydrogen-bond donors (Lipinski definition) is 14. The lowest BCUT2D eigenvalue weighted by atomic mass is 9.85. The second kappa shape index (κ2) is 52.3. The first-order chi connectivity index (χ1) is 45.6. The van der Waals surface area contributed by atoms with E-state index in [-0.39, 0.29) is 155 Å². The summed E-state index contributed by atoms with van der Waals surface area (Å²) in [5.41, 5.74) is 19.0. The Hall–Kier alpha value is -5.93. The normalized spacial score (nSPS) is 12.9.